The zero-order chi connectivity index (χ0) is 28.8. The molecule has 1 saturated carbocycles. The van der Waals surface area contributed by atoms with Crippen LogP contribution >= 0.6 is 0 Å². The second-order valence-electron chi connectivity index (χ2n) is 11.3. The molecule has 4 heterocycles. The lowest BCUT2D eigenvalue weighted by Gasteiger charge is -2.36. The number of hydrogen-bond donors (Lipinski definition) is 2. The first-order valence-corrected chi connectivity index (χ1v) is 15.6. The number of cyclic esters (lactones) is 1. The quantitative estimate of drug-likeness (QED) is 0.340. The van der Waals surface area contributed by atoms with E-state index >= 15 is 0 Å². The van der Waals surface area contributed by atoms with Crippen LogP contribution in [0.2, 0.25) is 0 Å². The summed E-state index contributed by atoms with van der Waals surface area (Å²) in [7, 11) is -3.08. The largest absolute Gasteiger partial charge is 0.474 e. The number of nitrogens with zero attached hydrogens (tertiary/aromatic N) is 3. The van der Waals surface area contributed by atoms with Crippen molar-refractivity contribution in [3.8, 4) is 5.88 Å². The summed E-state index contributed by atoms with van der Waals surface area (Å²) in [5, 5.41) is 4.49. The van der Waals surface area contributed by atoms with Gasteiger partial charge in [0.05, 0.1) is 21.9 Å². The second kappa shape index (κ2) is 10.6. The first-order chi connectivity index (χ1) is 18.9. The Bertz CT molecular complexity index is 1550. The van der Waals surface area contributed by atoms with E-state index in [1.165, 1.54) is 0 Å². The Morgan fingerprint density at radius 2 is 1.90 bits per heavy atom. The molecule has 5 rings (SSSR count). The summed E-state index contributed by atoms with van der Waals surface area (Å²) < 4.78 is 36.1. The number of carbonyl (C=O) groups is 1. The highest BCUT2D eigenvalue weighted by molar-refractivity contribution is 7.92. The van der Waals surface area contributed by atoms with E-state index in [9.17, 15) is 13.2 Å². The number of pyridine rings is 3. The van der Waals surface area contributed by atoms with Gasteiger partial charge in [-0.05, 0) is 49.4 Å². The van der Waals surface area contributed by atoms with Crippen LogP contribution in [0, 0.1) is 0 Å². The fraction of sp³-hybridized carbons (Fsp3) is 0.517. The number of nitrogens with one attached hydrogen (secondary N) is 1. The number of nitrogens with two attached hydrogens (primary N) is 1. The first-order valence-electron chi connectivity index (χ1n) is 13.9. The van der Waals surface area contributed by atoms with Crippen LogP contribution in [-0.2, 0) is 14.6 Å². The molecule has 0 unspecified atom stereocenters. The van der Waals surface area contributed by atoms with Crippen molar-refractivity contribution in [1.29, 1.82) is 0 Å². The Hall–Kier alpha value is -3.31. The van der Waals surface area contributed by atoms with Crippen LogP contribution in [0.4, 0.5) is 11.6 Å². The Labute approximate surface area is 235 Å². The number of esters is 1. The highest BCUT2D eigenvalue weighted by Crippen LogP contribution is 2.39. The normalized spacial score (nSPS) is 22.6. The number of carbonyl (C=O) groups excluding carboxylic acids is 1. The van der Waals surface area contributed by atoms with Gasteiger partial charge in [-0.2, -0.15) is 0 Å². The molecule has 214 valence electrons. The molecule has 11 heteroatoms. The molecule has 0 amide bonds. The van der Waals surface area contributed by atoms with Crippen molar-refractivity contribution >= 4 is 38.2 Å². The van der Waals surface area contributed by atoms with Gasteiger partial charge in [-0.3, -0.25) is 0 Å². The van der Waals surface area contributed by atoms with Crippen molar-refractivity contribution in [3.63, 3.8) is 0 Å². The molecule has 2 atom stereocenters. The van der Waals surface area contributed by atoms with Crippen molar-refractivity contribution in [1.82, 2.24) is 15.0 Å². The predicted molar refractivity (Wildman–Crippen MR) is 154 cm³/mol. The fourth-order valence-electron chi connectivity index (χ4n) is 5.25. The number of ether oxygens (including phenoxy) is 2. The molecule has 1 aliphatic carbocycles. The average Bonchev–Trinajstić information content (AvgIpc) is 2.88. The first kappa shape index (κ1) is 28.2. The lowest BCUT2D eigenvalue weighted by atomic mass is 9.84. The highest BCUT2D eigenvalue weighted by Gasteiger charge is 2.41. The van der Waals surface area contributed by atoms with Crippen molar-refractivity contribution < 1.29 is 22.7 Å². The van der Waals surface area contributed by atoms with Gasteiger partial charge >= 0.3 is 5.97 Å². The van der Waals surface area contributed by atoms with Crippen molar-refractivity contribution in [2.75, 3.05) is 11.1 Å². The summed E-state index contributed by atoms with van der Waals surface area (Å²) >= 11 is 0. The lowest BCUT2D eigenvalue weighted by molar-refractivity contribution is -0.0189. The van der Waals surface area contributed by atoms with Gasteiger partial charge in [-0.1, -0.05) is 27.2 Å². The molecule has 1 aliphatic heterocycles. The van der Waals surface area contributed by atoms with Crippen LogP contribution in [0.5, 0.6) is 5.88 Å². The second-order valence-corrected chi connectivity index (χ2v) is 13.9. The zero-order valence-corrected chi connectivity index (χ0v) is 24.4. The van der Waals surface area contributed by atoms with E-state index in [0.29, 0.717) is 47.0 Å². The monoisotopic (exact) mass is 567 g/mol. The van der Waals surface area contributed by atoms with E-state index in [1.54, 1.807) is 31.5 Å². The molecule has 3 aromatic heterocycles. The van der Waals surface area contributed by atoms with E-state index in [2.05, 4.69) is 22.2 Å². The van der Waals surface area contributed by atoms with Crippen LogP contribution < -0.4 is 15.8 Å². The third kappa shape index (κ3) is 5.24. The third-order valence-electron chi connectivity index (χ3n) is 8.21. The molecule has 1 fully saturated rings. The molecule has 3 aromatic rings. The molecule has 0 spiro atoms. The van der Waals surface area contributed by atoms with Gasteiger partial charge in [-0.15, -0.1) is 0 Å². The van der Waals surface area contributed by atoms with E-state index in [4.69, 9.17) is 20.2 Å². The summed E-state index contributed by atoms with van der Waals surface area (Å²) in [4.78, 5) is 26.4. The van der Waals surface area contributed by atoms with Gasteiger partial charge in [-0.25, -0.2) is 28.2 Å². The topological polar surface area (TPSA) is 146 Å². The molecule has 0 aromatic carbocycles. The Morgan fingerprint density at radius 1 is 1.15 bits per heavy atom. The van der Waals surface area contributed by atoms with Crippen LogP contribution in [0.1, 0.15) is 93.9 Å². The summed E-state index contributed by atoms with van der Waals surface area (Å²) in [6.07, 6.45) is 5.84. The molecule has 10 nitrogen and oxygen atoms in total. The average molecular weight is 568 g/mol. The Kier molecular flexibility index (Phi) is 7.47. The van der Waals surface area contributed by atoms with Gasteiger partial charge in [0.1, 0.15) is 23.3 Å². The molecule has 0 bridgehead atoms. The Balaban J connectivity index is 1.45. The maximum atomic E-state index is 12.5. The van der Waals surface area contributed by atoms with E-state index < -0.39 is 15.4 Å². The maximum absolute atomic E-state index is 12.5. The van der Waals surface area contributed by atoms with Crippen molar-refractivity contribution in [2.45, 2.75) is 89.2 Å². The molecule has 2 aliphatic rings. The van der Waals surface area contributed by atoms with Crippen molar-refractivity contribution in [2.24, 2.45) is 5.73 Å². The van der Waals surface area contributed by atoms with E-state index in [1.807, 2.05) is 26.8 Å². The lowest BCUT2D eigenvalue weighted by Crippen LogP contribution is -2.43. The zero-order valence-electron chi connectivity index (χ0n) is 23.6. The minimum absolute atomic E-state index is 0.0886. The maximum Gasteiger partial charge on any atom is 0.340 e. The molecular formula is C29H37N5O5S. The summed E-state index contributed by atoms with van der Waals surface area (Å²) in [5.41, 5.74) is 7.90. The van der Waals surface area contributed by atoms with Gasteiger partial charge in [0.2, 0.25) is 5.88 Å². The number of anilines is 2. The summed E-state index contributed by atoms with van der Waals surface area (Å²) in [6.45, 7) is 9.51. The number of aromatic nitrogens is 3. The van der Waals surface area contributed by atoms with E-state index in [0.717, 1.165) is 23.8 Å². The van der Waals surface area contributed by atoms with E-state index in [-0.39, 0.29) is 35.0 Å². The SMILES string of the molecule is CCC[C@H](N)c1cnc(O[C@H]2C[C@@H](S(=O)(=O)CC)C2)c2cnc(Nc3ccc4c(n3)[C@@H](C)C(C)(C)OC4=O)cc12. The fourth-order valence-corrected chi connectivity index (χ4v) is 6.73. The van der Waals surface area contributed by atoms with Gasteiger partial charge in [0.25, 0.3) is 0 Å². The van der Waals surface area contributed by atoms with Crippen LogP contribution in [0.25, 0.3) is 10.8 Å². The van der Waals surface area contributed by atoms with Crippen LogP contribution in [0.15, 0.2) is 30.6 Å². The molecule has 0 saturated heterocycles. The number of sulfone groups is 1. The number of fused-ring (bicyclic) bond motifs is 2. The van der Waals surface area contributed by atoms with Gasteiger partial charge < -0.3 is 20.5 Å². The minimum atomic E-state index is -3.08. The predicted octanol–water partition coefficient (Wildman–Crippen LogP) is 4.97. The minimum Gasteiger partial charge on any atom is -0.474 e. The smallest absolute Gasteiger partial charge is 0.340 e. The summed E-state index contributed by atoms with van der Waals surface area (Å²) in [5.74, 6) is 1.21. The molecule has 3 N–H and O–H groups in total. The van der Waals surface area contributed by atoms with Crippen molar-refractivity contribution in [3.05, 3.63) is 47.4 Å². The van der Waals surface area contributed by atoms with Crippen LogP contribution in [0.3, 0.4) is 0 Å². The third-order valence-corrected chi connectivity index (χ3v) is 10.4. The number of hydrogen-bond acceptors (Lipinski definition) is 10. The highest BCUT2D eigenvalue weighted by atomic mass is 32.2. The van der Waals surface area contributed by atoms with Gasteiger partial charge in [0.15, 0.2) is 9.84 Å². The van der Waals surface area contributed by atoms with Gasteiger partial charge in [0, 0.05) is 42.9 Å². The molecule has 0 radical (unpaired) electrons. The number of rotatable bonds is 9. The van der Waals surface area contributed by atoms with Crippen LogP contribution in [-0.4, -0.2) is 52.0 Å². The molecular weight excluding hydrogens is 530 g/mol. The Morgan fingerprint density at radius 3 is 2.60 bits per heavy atom. The standard InChI is InChI=1S/C29H37N5O5S/c1-6-8-23(30)21-14-32-27(38-17-11-18(12-17)40(36,37)7-2)22-15-31-25(13-20(21)22)33-24-10-9-19-26(34-24)16(3)29(4,5)39-28(19)35/h9-10,13-18,23H,6-8,11-12,30H2,1-5H3,(H,31,33,34)/t16-,17-,18+,23+/m1/s1. The summed E-state index contributed by atoms with van der Waals surface area (Å²) in [6, 6.07) is 5.15. The molecule has 40 heavy (non-hydrogen) atoms.